The van der Waals surface area contributed by atoms with E-state index >= 15 is 0 Å². The topological polar surface area (TPSA) is 97.0 Å². The number of carbonyl (C=O) groups is 3. The quantitative estimate of drug-likeness (QED) is 0.650. The lowest BCUT2D eigenvalue weighted by molar-refractivity contribution is -0.127. The van der Waals surface area contributed by atoms with Crippen molar-refractivity contribution in [3.8, 4) is 11.5 Å². The molecule has 8 nitrogen and oxygen atoms in total. The van der Waals surface area contributed by atoms with Gasteiger partial charge in [0.15, 0.2) is 6.61 Å². The van der Waals surface area contributed by atoms with Gasteiger partial charge in [-0.2, -0.15) is 0 Å². The van der Waals surface area contributed by atoms with Crippen LogP contribution in [0.1, 0.15) is 61.5 Å². The maximum absolute atomic E-state index is 14.0. The molecule has 2 aliphatic rings. The first-order chi connectivity index (χ1) is 16.4. The first-order valence-electron chi connectivity index (χ1n) is 11.7. The summed E-state index contributed by atoms with van der Waals surface area (Å²) in [4.78, 5) is 41.0. The standard InChI is InChI=1S/C26H31N3O5/c1-16(2)27-25(31)24(17-8-11-20(33-3)12-9-17)29(19-6-4-5-7-19)26(32)18-10-13-22-21(14-18)28-23(30)15-34-22/h8-14,16,19,24H,4-7,15H2,1-3H3,(H,27,31)(H,28,30). The van der Waals surface area contributed by atoms with E-state index in [0.29, 0.717) is 28.3 Å². The van der Waals surface area contributed by atoms with Crippen LogP contribution < -0.4 is 20.1 Å². The van der Waals surface area contributed by atoms with Gasteiger partial charge in [-0.3, -0.25) is 14.4 Å². The van der Waals surface area contributed by atoms with Crippen LogP contribution in [0, 0.1) is 0 Å². The summed E-state index contributed by atoms with van der Waals surface area (Å²) in [7, 11) is 1.59. The molecule has 1 unspecified atom stereocenters. The third-order valence-electron chi connectivity index (χ3n) is 6.20. The van der Waals surface area contributed by atoms with Crippen molar-refractivity contribution >= 4 is 23.4 Å². The van der Waals surface area contributed by atoms with Gasteiger partial charge in [-0.1, -0.05) is 25.0 Å². The highest BCUT2D eigenvalue weighted by Gasteiger charge is 2.38. The average molecular weight is 466 g/mol. The van der Waals surface area contributed by atoms with Crippen LogP contribution >= 0.6 is 0 Å². The number of nitrogens with zero attached hydrogens (tertiary/aromatic N) is 1. The summed E-state index contributed by atoms with van der Waals surface area (Å²) in [6.07, 6.45) is 3.67. The molecule has 8 heteroatoms. The van der Waals surface area contributed by atoms with Gasteiger partial charge in [0.2, 0.25) is 5.91 Å². The van der Waals surface area contributed by atoms with Gasteiger partial charge in [-0.25, -0.2) is 0 Å². The molecule has 1 aliphatic carbocycles. The third kappa shape index (κ3) is 5.00. The van der Waals surface area contributed by atoms with Crippen LogP contribution in [0.15, 0.2) is 42.5 Å². The number of benzene rings is 2. The van der Waals surface area contributed by atoms with Gasteiger partial charge in [0, 0.05) is 17.6 Å². The highest BCUT2D eigenvalue weighted by molar-refractivity contribution is 6.01. The predicted molar refractivity (Wildman–Crippen MR) is 128 cm³/mol. The van der Waals surface area contributed by atoms with Crippen LogP contribution in [0.2, 0.25) is 0 Å². The van der Waals surface area contributed by atoms with Crippen molar-refractivity contribution in [3.05, 3.63) is 53.6 Å². The number of nitrogens with one attached hydrogen (secondary N) is 2. The maximum atomic E-state index is 14.0. The van der Waals surface area contributed by atoms with Gasteiger partial charge in [-0.15, -0.1) is 0 Å². The summed E-state index contributed by atoms with van der Waals surface area (Å²) in [5, 5.41) is 5.75. The number of methoxy groups -OCH3 is 1. The zero-order chi connectivity index (χ0) is 24.2. The Bertz CT molecular complexity index is 1060. The van der Waals surface area contributed by atoms with Crippen LogP contribution in [-0.2, 0) is 9.59 Å². The Labute approximate surface area is 199 Å². The minimum Gasteiger partial charge on any atom is -0.497 e. The van der Waals surface area contributed by atoms with Gasteiger partial charge < -0.3 is 25.0 Å². The number of carbonyl (C=O) groups excluding carboxylic acids is 3. The minimum absolute atomic E-state index is 0.0522. The zero-order valence-corrected chi connectivity index (χ0v) is 19.8. The lowest BCUT2D eigenvalue weighted by Gasteiger charge is -2.36. The van der Waals surface area contributed by atoms with E-state index in [2.05, 4.69) is 10.6 Å². The highest BCUT2D eigenvalue weighted by atomic mass is 16.5. The number of rotatable bonds is 7. The molecule has 2 N–H and O–H groups in total. The molecule has 3 amide bonds. The van der Waals surface area contributed by atoms with Crippen LogP contribution in [0.25, 0.3) is 0 Å². The Hall–Kier alpha value is -3.55. The van der Waals surface area contributed by atoms with Gasteiger partial charge in [0.25, 0.3) is 11.8 Å². The second kappa shape index (κ2) is 10.2. The summed E-state index contributed by atoms with van der Waals surface area (Å²) in [6, 6.07) is 11.3. The molecule has 0 bridgehead atoms. The monoisotopic (exact) mass is 465 g/mol. The molecule has 2 aromatic carbocycles. The highest BCUT2D eigenvalue weighted by Crippen LogP contribution is 2.35. The van der Waals surface area contributed by atoms with Crippen molar-refractivity contribution in [2.45, 2.75) is 57.7 Å². The second-order valence-electron chi connectivity index (χ2n) is 9.04. The molecule has 1 saturated carbocycles. The van der Waals surface area contributed by atoms with E-state index in [4.69, 9.17) is 9.47 Å². The molecule has 1 atom stereocenters. The lowest BCUT2D eigenvalue weighted by atomic mass is 9.99. The molecule has 0 saturated heterocycles. The summed E-state index contributed by atoms with van der Waals surface area (Å²) >= 11 is 0. The number of amides is 3. The minimum atomic E-state index is -0.800. The number of fused-ring (bicyclic) bond motifs is 1. The summed E-state index contributed by atoms with van der Waals surface area (Å²) in [5.74, 6) is 0.449. The Morgan fingerprint density at radius 3 is 2.47 bits per heavy atom. The van der Waals surface area contributed by atoms with Gasteiger partial charge >= 0.3 is 0 Å². The third-order valence-corrected chi connectivity index (χ3v) is 6.20. The van der Waals surface area contributed by atoms with Gasteiger partial charge in [0.05, 0.1) is 12.8 Å². The molecule has 2 aromatic rings. The van der Waals surface area contributed by atoms with E-state index in [0.717, 1.165) is 25.7 Å². The molecule has 4 rings (SSSR count). The van der Waals surface area contributed by atoms with Gasteiger partial charge in [-0.05, 0) is 62.6 Å². The van der Waals surface area contributed by atoms with E-state index in [1.165, 1.54) is 0 Å². The van der Waals surface area contributed by atoms with Crippen molar-refractivity contribution < 1.29 is 23.9 Å². The van der Waals surface area contributed by atoms with E-state index < -0.39 is 6.04 Å². The fourth-order valence-corrected chi connectivity index (χ4v) is 4.63. The van der Waals surface area contributed by atoms with E-state index in [1.54, 1.807) is 42.3 Å². The van der Waals surface area contributed by atoms with Crippen molar-refractivity contribution in [1.29, 1.82) is 0 Å². The van der Waals surface area contributed by atoms with Crippen LogP contribution in [-0.4, -0.2) is 48.4 Å². The van der Waals surface area contributed by atoms with Crippen molar-refractivity contribution in [1.82, 2.24) is 10.2 Å². The molecule has 1 heterocycles. The SMILES string of the molecule is COc1ccc(C(C(=O)NC(C)C)N(C(=O)c2ccc3c(c2)NC(=O)CO3)C2CCCC2)cc1. The Morgan fingerprint density at radius 2 is 1.82 bits per heavy atom. The molecule has 1 fully saturated rings. The first kappa shape index (κ1) is 23.6. The molecular weight excluding hydrogens is 434 g/mol. The molecule has 0 spiro atoms. The Balaban J connectivity index is 1.76. The predicted octanol–water partition coefficient (Wildman–Crippen LogP) is 3.68. The average Bonchev–Trinajstić information content (AvgIpc) is 3.35. The maximum Gasteiger partial charge on any atom is 0.262 e. The molecule has 34 heavy (non-hydrogen) atoms. The number of hydrogen-bond acceptors (Lipinski definition) is 5. The fraction of sp³-hybridized carbons (Fsp3) is 0.423. The molecule has 180 valence electrons. The fourth-order valence-electron chi connectivity index (χ4n) is 4.63. The molecular formula is C26H31N3O5. The number of hydrogen-bond donors (Lipinski definition) is 2. The van der Waals surface area contributed by atoms with Gasteiger partial charge in [0.1, 0.15) is 17.5 Å². The summed E-state index contributed by atoms with van der Waals surface area (Å²) in [5.41, 5.74) is 1.57. The second-order valence-corrected chi connectivity index (χ2v) is 9.04. The molecule has 1 aliphatic heterocycles. The van der Waals surface area contributed by atoms with Crippen molar-refractivity contribution in [2.24, 2.45) is 0 Å². The normalized spacial score (nSPS) is 16.3. The van der Waals surface area contributed by atoms with Crippen molar-refractivity contribution in [3.63, 3.8) is 0 Å². The number of anilines is 1. The van der Waals surface area contributed by atoms with Crippen molar-refractivity contribution in [2.75, 3.05) is 19.0 Å². The summed E-state index contributed by atoms with van der Waals surface area (Å²) in [6.45, 7) is 3.75. The van der Waals surface area contributed by atoms with Crippen LogP contribution in [0.4, 0.5) is 5.69 Å². The first-order valence-corrected chi connectivity index (χ1v) is 11.7. The Kier molecular flexibility index (Phi) is 7.05. The Morgan fingerprint density at radius 1 is 1.12 bits per heavy atom. The molecule has 0 radical (unpaired) electrons. The zero-order valence-electron chi connectivity index (χ0n) is 19.8. The van der Waals surface area contributed by atoms with E-state index in [1.807, 2.05) is 26.0 Å². The van der Waals surface area contributed by atoms with Crippen LogP contribution in [0.5, 0.6) is 11.5 Å². The number of ether oxygens (including phenoxy) is 2. The van der Waals surface area contributed by atoms with Crippen LogP contribution in [0.3, 0.4) is 0 Å². The van der Waals surface area contributed by atoms with E-state index in [-0.39, 0.29) is 36.4 Å². The largest absolute Gasteiger partial charge is 0.497 e. The molecule has 0 aromatic heterocycles. The summed E-state index contributed by atoms with van der Waals surface area (Å²) < 4.78 is 10.7. The lowest BCUT2D eigenvalue weighted by Crippen LogP contribution is -2.49. The van der Waals surface area contributed by atoms with E-state index in [9.17, 15) is 14.4 Å². The smallest absolute Gasteiger partial charge is 0.262 e.